The molecule has 0 fully saturated rings. The number of rotatable bonds is 4. The number of amides is 1. The van der Waals surface area contributed by atoms with E-state index >= 15 is 0 Å². The average molecular weight is 348 g/mol. The Morgan fingerprint density at radius 3 is 1.84 bits per heavy atom. The molecule has 0 atom stereocenters. The van der Waals surface area contributed by atoms with Crippen LogP contribution >= 0.6 is 0 Å². The highest BCUT2D eigenvalue weighted by atomic mass is 16.3. The Hall–Kier alpha value is -1.88. The van der Waals surface area contributed by atoms with Crippen LogP contribution in [0, 0.1) is 5.41 Å². The summed E-state index contributed by atoms with van der Waals surface area (Å²) in [7, 11) is 0. The van der Waals surface area contributed by atoms with Crippen LogP contribution in [0.5, 0.6) is 5.75 Å². The first-order chi connectivity index (χ1) is 11.2. The van der Waals surface area contributed by atoms with Gasteiger partial charge in [-0.2, -0.15) is 5.10 Å². The second kappa shape index (κ2) is 7.16. The molecule has 1 amide bonds. The second-order valence-electron chi connectivity index (χ2n) is 9.27. The highest BCUT2D eigenvalue weighted by molar-refractivity contribution is 5.95. The molecule has 0 aliphatic heterocycles. The molecule has 1 aromatic rings. The molecule has 0 saturated heterocycles. The predicted molar refractivity (Wildman–Crippen MR) is 102 cm³/mol. The number of aliphatic hydroxyl groups excluding tert-OH is 1. The second-order valence-corrected chi connectivity index (χ2v) is 9.27. The topological polar surface area (TPSA) is 81.9 Å². The number of nitrogens with zero attached hydrogens (tertiary/aromatic N) is 1. The van der Waals surface area contributed by atoms with Crippen LogP contribution in [0.15, 0.2) is 17.2 Å². The predicted octanol–water partition coefficient (Wildman–Crippen LogP) is 3.72. The number of hydrazone groups is 1. The molecule has 0 aliphatic carbocycles. The monoisotopic (exact) mass is 348 g/mol. The van der Waals surface area contributed by atoms with Gasteiger partial charge in [0.2, 0.25) is 0 Å². The zero-order chi connectivity index (χ0) is 19.6. The van der Waals surface area contributed by atoms with E-state index in [-0.39, 0.29) is 29.1 Å². The number of phenolic OH excluding ortho intramolecular Hbond substituents is 1. The Bertz CT molecular complexity index is 627. The molecule has 0 saturated carbocycles. The van der Waals surface area contributed by atoms with Crippen molar-refractivity contribution in [2.24, 2.45) is 10.5 Å². The van der Waals surface area contributed by atoms with Gasteiger partial charge >= 0.3 is 0 Å². The summed E-state index contributed by atoms with van der Waals surface area (Å²) < 4.78 is 0. The Morgan fingerprint density at radius 1 is 1.04 bits per heavy atom. The highest BCUT2D eigenvalue weighted by Gasteiger charge is 2.27. The first kappa shape index (κ1) is 21.2. The van der Waals surface area contributed by atoms with Crippen molar-refractivity contribution in [3.8, 4) is 5.75 Å². The van der Waals surface area contributed by atoms with Gasteiger partial charge in [-0.15, -0.1) is 0 Å². The molecule has 1 rings (SSSR count). The van der Waals surface area contributed by atoms with Crippen molar-refractivity contribution < 1.29 is 15.0 Å². The van der Waals surface area contributed by atoms with E-state index < -0.39 is 5.41 Å². The van der Waals surface area contributed by atoms with Gasteiger partial charge in [0.15, 0.2) is 0 Å². The number of aromatic hydroxyl groups is 1. The third-order valence-corrected chi connectivity index (χ3v) is 3.98. The summed E-state index contributed by atoms with van der Waals surface area (Å²) in [5, 5.41) is 23.9. The number of carbonyl (C=O) groups excluding carboxylic acids is 1. The maximum absolute atomic E-state index is 12.5. The first-order valence-corrected chi connectivity index (χ1v) is 8.52. The van der Waals surface area contributed by atoms with E-state index in [0.717, 1.165) is 11.1 Å². The van der Waals surface area contributed by atoms with Crippen molar-refractivity contribution in [3.63, 3.8) is 0 Å². The number of aliphatic hydroxyl groups is 1. The van der Waals surface area contributed by atoms with E-state index in [4.69, 9.17) is 0 Å². The van der Waals surface area contributed by atoms with Gasteiger partial charge < -0.3 is 10.2 Å². The number of hydrogen-bond donors (Lipinski definition) is 3. The van der Waals surface area contributed by atoms with E-state index in [1.165, 1.54) is 6.21 Å². The van der Waals surface area contributed by atoms with Crippen molar-refractivity contribution in [1.29, 1.82) is 0 Å². The third kappa shape index (κ3) is 5.56. The minimum absolute atomic E-state index is 0.0616. The molecule has 0 spiro atoms. The molecule has 1 aromatic carbocycles. The van der Waals surface area contributed by atoms with Crippen molar-refractivity contribution in [2.75, 3.05) is 6.61 Å². The van der Waals surface area contributed by atoms with Crippen molar-refractivity contribution in [1.82, 2.24) is 5.43 Å². The molecule has 0 bridgehead atoms. The molecular weight excluding hydrogens is 316 g/mol. The lowest BCUT2D eigenvalue weighted by molar-refractivity contribution is 0.0954. The number of hydrogen-bond acceptors (Lipinski definition) is 4. The lowest BCUT2D eigenvalue weighted by Gasteiger charge is -2.28. The maximum atomic E-state index is 12.5. The van der Waals surface area contributed by atoms with Crippen LogP contribution in [0.25, 0.3) is 0 Å². The van der Waals surface area contributed by atoms with Crippen LogP contribution in [0.1, 0.15) is 76.9 Å². The van der Waals surface area contributed by atoms with Gasteiger partial charge in [0, 0.05) is 28.3 Å². The van der Waals surface area contributed by atoms with Crippen LogP contribution in [-0.2, 0) is 10.8 Å². The van der Waals surface area contributed by atoms with Gasteiger partial charge in [-0.25, -0.2) is 5.43 Å². The zero-order valence-electron chi connectivity index (χ0n) is 16.7. The normalized spacial score (nSPS) is 13.3. The largest absolute Gasteiger partial charge is 0.507 e. The van der Waals surface area contributed by atoms with Crippen LogP contribution in [0.2, 0.25) is 0 Å². The molecule has 0 heterocycles. The van der Waals surface area contributed by atoms with Gasteiger partial charge in [-0.05, 0) is 23.0 Å². The van der Waals surface area contributed by atoms with Gasteiger partial charge in [0.25, 0.3) is 5.91 Å². The van der Waals surface area contributed by atoms with Crippen LogP contribution in [-0.4, -0.2) is 28.9 Å². The molecule has 140 valence electrons. The molecule has 25 heavy (non-hydrogen) atoms. The van der Waals surface area contributed by atoms with Gasteiger partial charge in [0.1, 0.15) is 5.75 Å². The first-order valence-electron chi connectivity index (χ1n) is 8.52. The summed E-state index contributed by atoms with van der Waals surface area (Å²) in [6, 6.07) is 3.43. The fourth-order valence-corrected chi connectivity index (χ4v) is 2.28. The number of benzene rings is 1. The van der Waals surface area contributed by atoms with E-state index in [2.05, 4.69) is 10.5 Å². The lowest BCUT2D eigenvalue weighted by atomic mass is 9.78. The van der Waals surface area contributed by atoms with Crippen molar-refractivity contribution in [2.45, 2.75) is 66.2 Å². The summed E-state index contributed by atoms with van der Waals surface area (Å²) in [5.74, 6) is -0.109. The van der Waals surface area contributed by atoms with Gasteiger partial charge in [-0.3, -0.25) is 4.79 Å². The molecule has 0 aliphatic rings. The van der Waals surface area contributed by atoms with Crippen molar-refractivity contribution >= 4 is 12.1 Å². The fourth-order valence-electron chi connectivity index (χ4n) is 2.28. The molecule has 5 nitrogen and oxygen atoms in total. The molecule has 0 aromatic heterocycles. The van der Waals surface area contributed by atoms with Crippen LogP contribution in [0.4, 0.5) is 0 Å². The Kier molecular flexibility index (Phi) is 6.06. The van der Waals surface area contributed by atoms with Crippen LogP contribution < -0.4 is 5.43 Å². The number of carbonyl (C=O) groups is 1. The highest BCUT2D eigenvalue weighted by Crippen LogP contribution is 2.39. The summed E-state index contributed by atoms with van der Waals surface area (Å²) in [5.41, 5.74) is 3.30. The van der Waals surface area contributed by atoms with Gasteiger partial charge in [0.05, 0.1) is 6.61 Å². The molecular formula is C20H32N2O3. The summed E-state index contributed by atoms with van der Waals surface area (Å²) in [6.45, 7) is 15.6. The SMILES string of the molecule is CC(C)(C=NNC(=O)c1cc(C(C)(C)C)c(O)c(C(C)(C)C)c1)CO. The maximum Gasteiger partial charge on any atom is 0.271 e. The van der Waals surface area contributed by atoms with E-state index in [9.17, 15) is 15.0 Å². The quantitative estimate of drug-likeness (QED) is 0.573. The van der Waals surface area contributed by atoms with Gasteiger partial charge in [-0.1, -0.05) is 55.4 Å². The minimum atomic E-state index is -0.505. The minimum Gasteiger partial charge on any atom is -0.507 e. The summed E-state index contributed by atoms with van der Waals surface area (Å²) >= 11 is 0. The molecule has 0 radical (unpaired) electrons. The smallest absolute Gasteiger partial charge is 0.271 e. The molecule has 0 unspecified atom stereocenters. The number of phenols is 1. The molecule has 5 heteroatoms. The van der Waals surface area contributed by atoms with Crippen molar-refractivity contribution in [3.05, 3.63) is 28.8 Å². The van der Waals surface area contributed by atoms with E-state index in [1.54, 1.807) is 12.1 Å². The average Bonchev–Trinajstić information content (AvgIpc) is 2.44. The fraction of sp³-hybridized carbons (Fsp3) is 0.600. The Balaban J connectivity index is 3.30. The Labute approximate surface area is 151 Å². The Morgan fingerprint density at radius 2 is 1.48 bits per heavy atom. The van der Waals surface area contributed by atoms with E-state index in [0.29, 0.717) is 5.56 Å². The third-order valence-electron chi connectivity index (χ3n) is 3.98. The number of nitrogens with one attached hydrogen (secondary N) is 1. The standard InChI is InChI=1S/C20H32N2O3/c1-18(2,3)14-9-13(10-15(16(14)24)19(4,5)6)17(25)22-21-11-20(7,8)12-23/h9-11,23-24H,12H2,1-8H3,(H,22,25). The lowest BCUT2D eigenvalue weighted by Crippen LogP contribution is -2.25. The van der Waals surface area contributed by atoms with E-state index in [1.807, 2.05) is 55.4 Å². The summed E-state index contributed by atoms with van der Waals surface area (Å²) in [4.78, 5) is 12.5. The molecule has 3 N–H and O–H groups in total. The zero-order valence-corrected chi connectivity index (χ0v) is 16.7. The summed E-state index contributed by atoms with van der Waals surface area (Å²) in [6.07, 6.45) is 1.51. The van der Waals surface area contributed by atoms with Crippen LogP contribution in [0.3, 0.4) is 0 Å².